The number of H-pyrrole nitrogens is 1. The van der Waals surface area contributed by atoms with Gasteiger partial charge in [-0.05, 0) is 22.0 Å². The Hall–Kier alpha value is -2.07. The van der Waals surface area contributed by atoms with E-state index in [0.717, 1.165) is 26.4 Å². The topological polar surface area (TPSA) is 74.1 Å². The summed E-state index contributed by atoms with van der Waals surface area (Å²) >= 11 is 3.43. The Labute approximate surface area is 155 Å². The number of halogens is 4. The van der Waals surface area contributed by atoms with Crippen LogP contribution in [0.1, 0.15) is 0 Å². The van der Waals surface area contributed by atoms with Gasteiger partial charge >= 0.3 is 6.18 Å². The number of nitrogens with zero attached hydrogens (tertiary/aromatic N) is 4. The lowest BCUT2D eigenvalue weighted by molar-refractivity contribution is -0.146. The van der Waals surface area contributed by atoms with Crippen LogP contribution >= 0.6 is 15.9 Å². The number of hydrogen-bond acceptors (Lipinski definition) is 5. The molecule has 1 fully saturated rings. The lowest BCUT2D eigenvalue weighted by Gasteiger charge is -2.36. The summed E-state index contributed by atoms with van der Waals surface area (Å²) in [5.41, 5.74) is 8.41. The monoisotopic (exact) mass is 428 g/mol. The molecular weight excluding hydrogens is 413 g/mol. The van der Waals surface area contributed by atoms with Crippen molar-refractivity contribution in [2.24, 2.45) is 0 Å². The summed E-state index contributed by atoms with van der Waals surface area (Å²) in [7, 11) is 0. The Morgan fingerprint density at radius 1 is 1.15 bits per heavy atom. The molecule has 4 heterocycles. The van der Waals surface area contributed by atoms with Crippen LogP contribution in [0.5, 0.6) is 0 Å². The molecule has 3 N–H and O–H groups in total. The van der Waals surface area contributed by atoms with Crippen molar-refractivity contribution in [3.63, 3.8) is 0 Å². The van der Waals surface area contributed by atoms with Crippen molar-refractivity contribution >= 4 is 49.4 Å². The number of alkyl halides is 3. The number of nitrogen functional groups attached to an aromatic ring is 1. The largest absolute Gasteiger partial charge is 0.401 e. The van der Waals surface area contributed by atoms with Crippen LogP contribution in [-0.4, -0.2) is 58.8 Å². The second-order valence-corrected chi connectivity index (χ2v) is 7.25. The van der Waals surface area contributed by atoms with E-state index in [1.807, 2.05) is 11.0 Å². The first-order valence-corrected chi connectivity index (χ1v) is 8.86. The number of fused-ring (bicyclic) bond motifs is 3. The molecule has 0 atom stereocenters. The van der Waals surface area contributed by atoms with Crippen LogP contribution in [0.15, 0.2) is 22.9 Å². The van der Waals surface area contributed by atoms with E-state index in [1.165, 1.54) is 4.90 Å². The van der Waals surface area contributed by atoms with Gasteiger partial charge in [0.15, 0.2) is 0 Å². The van der Waals surface area contributed by atoms with Gasteiger partial charge in [-0.25, -0.2) is 9.97 Å². The Bertz CT molecular complexity index is 962. The van der Waals surface area contributed by atoms with Crippen LogP contribution in [-0.2, 0) is 0 Å². The third kappa shape index (κ3) is 3.18. The third-order valence-electron chi connectivity index (χ3n) is 4.55. The van der Waals surface area contributed by atoms with Gasteiger partial charge in [0.2, 0.25) is 0 Å². The fourth-order valence-corrected chi connectivity index (χ4v) is 3.77. The maximum Gasteiger partial charge on any atom is 0.401 e. The van der Waals surface area contributed by atoms with E-state index < -0.39 is 12.7 Å². The lowest BCUT2D eigenvalue weighted by atomic mass is 10.1. The van der Waals surface area contributed by atoms with E-state index in [-0.39, 0.29) is 0 Å². The highest BCUT2D eigenvalue weighted by atomic mass is 79.9. The molecule has 1 aliphatic heterocycles. The third-order valence-corrected chi connectivity index (χ3v) is 4.98. The van der Waals surface area contributed by atoms with Crippen molar-refractivity contribution in [2.45, 2.75) is 6.18 Å². The minimum Gasteiger partial charge on any atom is -0.382 e. The summed E-state index contributed by atoms with van der Waals surface area (Å²) in [6, 6.07) is 1.95. The molecule has 6 nitrogen and oxygen atoms in total. The average molecular weight is 429 g/mol. The molecular formula is C16H16BrF3N6. The molecule has 0 saturated carbocycles. The fraction of sp³-hybridized carbons (Fsp3) is 0.375. The Kier molecular flexibility index (Phi) is 4.19. The van der Waals surface area contributed by atoms with Gasteiger partial charge in [-0.3, -0.25) is 4.90 Å². The maximum absolute atomic E-state index is 12.6. The Morgan fingerprint density at radius 2 is 1.88 bits per heavy atom. The minimum absolute atomic E-state index is 0.319. The summed E-state index contributed by atoms with van der Waals surface area (Å²) in [5.74, 6) is 0.364. The Balaban J connectivity index is 1.72. The first-order valence-electron chi connectivity index (χ1n) is 8.07. The van der Waals surface area contributed by atoms with E-state index in [2.05, 4.69) is 30.9 Å². The molecule has 0 aromatic carbocycles. The van der Waals surface area contributed by atoms with Gasteiger partial charge < -0.3 is 15.6 Å². The van der Waals surface area contributed by atoms with Crippen molar-refractivity contribution in [3.8, 4) is 0 Å². The lowest BCUT2D eigenvalue weighted by Crippen LogP contribution is -2.49. The SMILES string of the molecule is Nc1ncc2[nH]c3ncc(Br)cc3c2c1N1CCN(CC(F)(F)F)CC1. The van der Waals surface area contributed by atoms with Gasteiger partial charge in [0.1, 0.15) is 11.5 Å². The number of nitrogens with one attached hydrogen (secondary N) is 1. The zero-order valence-corrected chi connectivity index (χ0v) is 15.2. The molecule has 138 valence electrons. The van der Waals surface area contributed by atoms with Crippen LogP contribution < -0.4 is 10.6 Å². The van der Waals surface area contributed by atoms with Crippen molar-refractivity contribution in [2.75, 3.05) is 43.4 Å². The Morgan fingerprint density at radius 3 is 2.58 bits per heavy atom. The maximum atomic E-state index is 12.6. The summed E-state index contributed by atoms with van der Waals surface area (Å²) in [6.45, 7) is 0.659. The molecule has 0 unspecified atom stereocenters. The zero-order valence-electron chi connectivity index (χ0n) is 13.6. The molecule has 1 aliphatic rings. The van der Waals surface area contributed by atoms with E-state index in [1.54, 1.807) is 12.4 Å². The molecule has 1 saturated heterocycles. The first kappa shape index (κ1) is 17.3. The van der Waals surface area contributed by atoms with Crippen LogP contribution in [0.2, 0.25) is 0 Å². The molecule has 0 bridgehead atoms. The predicted octanol–water partition coefficient (Wildman–Crippen LogP) is 3.14. The van der Waals surface area contributed by atoms with Gasteiger partial charge in [-0.15, -0.1) is 0 Å². The number of hydrogen-bond donors (Lipinski definition) is 2. The standard InChI is InChI=1S/C16H16BrF3N6/c17-9-5-10-12-11(24-15(10)23-6-9)7-22-14(21)13(12)26-3-1-25(2-4-26)8-16(18,19)20/h5-7H,1-4,8H2,(H2,21,22)(H,23,24). The summed E-state index contributed by atoms with van der Waals surface area (Å²) in [5, 5.41) is 1.79. The normalized spacial score (nSPS) is 16.7. The molecule has 4 rings (SSSR count). The highest BCUT2D eigenvalue weighted by Gasteiger charge is 2.32. The number of piperazine rings is 1. The van der Waals surface area contributed by atoms with Crippen molar-refractivity contribution in [3.05, 3.63) is 22.9 Å². The summed E-state index contributed by atoms with van der Waals surface area (Å²) in [4.78, 5) is 15.2. The van der Waals surface area contributed by atoms with Gasteiger partial charge in [0.25, 0.3) is 0 Å². The molecule has 26 heavy (non-hydrogen) atoms. The number of anilines is 2. The van der Waals surface area contributed by atoms with Crippen molar-refractivity contribution in [1.82, 2.24) is 19.9 Å². The molecule has 0 radical (unpaired) electrons. The van der Waals surface area contributed by atoms with Crippen LogP contribution in [0.25, 0.3) is 21.9 Å². The number of rotatable bonds is 2. The highest BCUT2D eigenvalue weighted by Crippen LogP contribution is 2.37. The molecule has 10 heteroatoms. The van der Waals surface area contributed by atoms with E-state index >= 15 is 0 Å². The van der Waals surface area contributed by atoms with E-state index in [0.29, 0.717) is 37.6 Å². The molecule has 0 spiro atoms. The first-order chi connectivity index (χ1) is 12.3. The van der Waals surface area contributed by atoms with E-state index in [4.69, 9.17) is 5.73 Å². The number of aromatic amines is 1. The predicted molar refractivity (Wildman–Crippen MR) is 98.2 cm³/mol. The minimum atomic E-state index is -4.18. The number of pyridine rings is 2. The second kappa shape index (κ2) is 6.27. The fourth-order valence-electron chi connectivity index (χ4n) is 3.44. The summed E-state index contributed by atoms with van der Waals surface area (Å²) in [6.07, 6.45) is -0.828. The number of nitrogens with two attached hydrogens (primary N) is 1. The highest BCUT2D eigenvalue weighted by molar-refractivity contribution is 9.10. The van der Waals surface area contributed by atoms with Crippen LogP contribution in [0, 0.1) is 0 Å². The molecule has 0 aliphatic carbocycles. The van der Waals surface area contributed by atoms with Gasteiger partial charge in [-0.2, -0.15) is 13.2 Å². The molecule has 3 aromatic rings. The van der Waals surface area contributed by atoms with Gasteiger partial charge in [-0.1, -0.05) is 0 Å². The van der Waals surface area contributed by atoms with Crippen LogP contribution in [0.3, 0.4) is 0 Å². The summed E-state index contributed by atoms with van der Waals surface area (Å²) < 4.78 is 38.6. The van der Waals surface area contributed by atoms with Crippen molar-refractivity contribution < 1.29 is 13.2 Å². The van der Waals surface area contributed by atoms with Gasteiger partial charge in [0, 0.05) is 47.6 Å². The van der Waals surface area contributed by atoms with Crippen molar-refractivity contribution in [1.29, 1.82) is 0 Å². The van der Waals surface area contributed by atoms with E-state index in [9.17, 15) is 13.2 Å². The van der Waals surface area contributed by atoms with Crippen LogP contribution in [0.4, 0.5) is 24.7 Å². The second-order valence-electron chi connectivity index (χ2n) is 6.33. The zero-order chi connectivity index (χ0) is 18.5. The molecule has 3 aromatic heterocycles. The smallest absolute Gasteiger partial charge is 0.382 e. The molecule has 0 amide bonds. The number of aromatic nitrogens is 3. The average Bonchev–Trinajstić information content (AvgIpc) is 2.92. The van der Waals surface area contributed by atoms with Gasteiger partial charge in [0.05, 0.1) is 23.9 Å². The quantitative estimate of drug-likeness (QED) is 0.655.